The maximum absolute atomic E-state index is 12.0. The van der Waals surface area contributed by atoms with Crippen molar-refractivity contribution in [3.8, 4) is 29.0 Å². The van der Waals surface area contributed by atoms with E-state index in [1.54, 1.807) is 36.4 Å². The minimum atomic E-state index is -0.260. The number of nitrogens with one attached hydrogen (secondary N) is 1. The van der Waals surface area contributed by atoms with Gasteiger partial charge in [-0.1, -0.05) is 36.4 Å². The summed E-state index contributed by atoms with van der Waals surface area (Å²) in [7, 11) is 0. The van der Waals surface area contributed by atoms with Crippen LogP contribution in [-0.2, 0) is 11.2 Å². The van der Waals surface area contributed by atoms with Gasteiger partial charge in [-0.05, 0) is 53.1 Å². The van der Waals surface area contributed by atoms with Crippen LogP contribution in [0.3, 0.4) is 0 Å². The summed E-state index contributed by atoms with van der Waals surface area (Å²) in [5, 5.41) is 20.3. The van der Waals surface area contributed by atoms with Gasteiger partial charge in [0.05, 0.1) is 24.1 Å². The molecular weight excluding hydrogens is 350 g/mol. The van der Waals surface area contributed by atoms with Gasteiger partial charge >= 0.3 is 0 Å². The maximum atomic E-state index is 12.0. The highest BCUT2D eigenvalue weighted by atomic mass is 16.5. The Morgan fingerprint density at radius 2 is 1.46 bits per heavy atom. The monoisotopic (exact) mass is 367 g/mol. The smallest absolute Gasteiger partial charge is 0.262 e. The average Bonchev–Trinajstić information content (AvgIpc) is 2.74. The van der Waals surface area contributed by atoms with E-state index >= 15 is 0 Å². The number of carbonyl (C=O) groups excluding carboxylic acids is 1. The van der Waals surface area contributed by atoms with E-state index in [1.807, 2.05) is 36.4 Å². The quantitative estimate of drug-likeness (QED) is 0.703. The molecule has 1 amide bonds. The van der Waals surface area contributed by atoms with Crippen molar-refractivity contribution in [1.82, 2.24) is 0 Å². The Labute approximate surface area is 163 Å². The number of ether oxygens (including phenoxy) is 1. The number of carbonyl (C=O) groups is 1. The molecule has 136 valence electrons. The van der Waals surface area contributed by atoms with Gasteiger partial charge in [-0.3, -0.25) is 4.79 Å². The van der Waals surface area contributed by atoms with Crippen molar-refractivity contribution in [3.05, 3.63) is 83.9 Å². The third-order valence-corrected chi connectivity index (χ3v) is 4.09. The molecule has 0 aliphatic rings. The van der Waals surface area contributed by atoms with Gasteiger partial charge in [-0.25, -0.2) is 0 Å². The summed E-state index contributed by atoms with van der Waals surface area (Å²) >= 11 is 0. The fraction of sp³-hybridized carbons (Fsp3) is 0.0870. The lowest BCUT2D eigenvalue weighted by atomic mass is 10.0. The molecule has 5 nitrogen and oxygen atoms in total. The summed E-state index contributed by atoms with van der Waals surface area (Å²) in [4.78, 5) is 12.0. The number of rotatable bonds is 6. The molecule has 3 aromatic carbocycles. The van der Waals surface area contributed by atoms with Crippen molar-refractivity contribution in [3.63, 3.8) is 0 Å². The first-order valence-electron chi connectivity index (χ1n) is 8.67. The predicted octanol–water partition coefficient (Wildman–Crippen LogP) is 4.31. The zero-order chi connectivity index (χ0) is 19.8. The van der Waals surface area contributed by atoms with Crippen LogP contribution in [-0.4, -0.2) is 12.5 Å². The first kappa shape index (κ1) is 18.7. The third-order valence-electron chi connectivity index (χ3n) is 4.09. The first-order valence-corrected chi connectivity index (χ1v) is 8.67. The molecule has 0 aliphatic carbocycles. The summed E-state index contributed by atoms with van der Waals surface area (Å²) in [6, 6.07) is 26.1. The van der Waals surface area contributed by atoms with Crippen LogP contribution in [0, 0.1) is 22.7 Å². The molecule has 0 atom stereocenters. The van der Waals surface area contributed by atoms with Crippen LogP contribution in [0.15, 0.2) is 72.8 Å². The minimum Gasteiger partial charge on any atom is -0.484 e. The Morgan fingerprint density at radius 3 is 2.04 bits per heavy atom. The van der Waals surface area contributed by atoms with E-state index in [0.29, 0.717) is 23.4 Å². The fourth-order valence-electron chi connectivity index (χ4n) is 2.62. The van der Waals surface area contributed by atoms with E-state index in [-0.39, 0.29) is 12.5 Å². The van der Waals surface area contributed by atoms with Gasteiger partial charge in [-0.15, -0.1) is 0 Å². The summed E-state index contributed by atoms with van der Waals surface area (Å²) in [5.41, 5.74) is 4.18. The summed E-state index contributed by atoms with van der Waals surface area (Å²) < 4.78 is 5.53. The van der Waals surface area contributed by atoms with Crippen molar-refractivity contribution < 1.29 is 9.53 Å². The van der Waals surface area contributed by atoms with Crippen molar-refractivity contribution in [2.24, 2.45) is 0 Å². The summed E-state index contributed by atoms with van der Waals surface area (Å²) in [5.74, 6) is 0.334. The second kappa shape index (κ2) is 9.02. The Balaban J connectivity index is 1.53. The third kappa shape index (κ3) is 4.97. The lowest BCUT2D eigenvalue weighted by Crippen LogP contribution is -2.20. The molecule has 0 aromatic heterocycles. The van der Waals surface area contributed by atoms with Crippen LogP contribution in [0.4, 0.5) is 5.69 Å². The number of hydrogen-bond donors (Lipinski definition) is 1. The Kier molecular flexibility index (Phi) is 6.02. The SMILES string of the molecule is N#CCc1ccc(NC(=O)COc2ccc(-c3ccc(C#N)cc3)cc2)cc1. The molecule has 0 bridgehead atoms. The van der Waals surface area contributed by atoms with Crippen molar-refractivity contribution >= 4 is 11.6 Å². The molecule has 3 rings (SSSR count). The van der Waals surface area contributed by atoms with E-state index in [4.69, 9.17) is 15.3 Å². The van der Waals surface area contributed by atoms with Gasteiger partial charge in [0.1, 0.15) is 5.75 Å². The lowest BCUT2D eigenvalue weighted by Gasteiger charge is -2.09. The van der Waals surface area contributed by atoms with Crippen LogP contribution >= 0.6 is 0 Å². The standard InChI is InChI=1S/C23H17N3O2/c24-14-13-17-3-9-21(10-4-17)26-23(27)16-28-22-11-7-20(8-12-22)19-5-1-18(15-25)2-6-19/h1-12H,13,16H2,(H,26,27). The molecule has 0 spiro atoms. The second-order valence-corrected chi connectivity index (χ2v) is 6.08. The Morgan fingerprint density at radius 1 is 0.857 bits per heavy atom. The molecule has 0 saturated heterocycles. The maximum Gasteiger partial charge on any atom is 0.262 e. The molecule has 0 saturated carbocycles. The zero-order valence-electron chi connectivity index (χ0n) is 15.1. The predicted molar refractivity (Wildman–Crippen MR) is 106 cm³/mol. The molecule has 0 fully saturated rings. The highest BCUT2D eigenvalue weighted by Crippen LogP contribution is 2.22. The topological polar surface area (TPSA) is 85.9 Å². The van der Waals surface area contributed by atoms with Gasteiger partial charge in [-0.2, -0.15) is 10.5 Å². The molecular formula is C23H17N3O2. The normalized spacial score (nSPS) is 9.79. The summed E-state index contributed by atoms with van der Waals surface area (Å²) in [6.45, 7) is -0.101. The van der Waals surface area contributed by atoms with Crippen LogP contribution in [0.25, 0.3) is 11.1 Å². The minimum absolute atomic E-state index is 0.101. The molecule has 0 unspecified atom stereocenters. The van der Waals surface area contributed by atoms with Crippen LogP contribution in [0.2, 0.25) is 0 Å². The fourth-order valence-corrected chi connectivity index (χ4v) is 2.62. The van der Waals surface area contributed by atoms with Gasteiger partial charge in [0, 0.05) is 5.69 Å². The van der Waals surface area contributed by atoms with Crippen LogP contribution in [0.5, 0.6) is 5.75 Å². The average molecular weight is 367 g/mol. The first-order chi connectivity index (χ1) is 13.7. The molecule has 3 aromatic rings. The van der Waals surface area contributed by atoms with E-state index in [1.165, 1.54) is 0 Å². The number of benzene rings is 3. The van der Waals surface area contributed by atoms with E-state index in [0.717, 1.165) is 16.7 Å². The van der Waals surface area contributed by atoms with Crippen molar-refractivity contribution in [1.29, 1.82) is 10.5 Å². The molecule has 0 aliphatic heterocycles. The van der Waals surface area contributed by atoms with Gasteiger partial charge in [0.15, 0.2) is 6.61 Å². The second-order valence-electron chi connectivity index (χ2n) is 6.08. The Hall–Kier alpha value is -4.09. The molecule has 0 heterocycles. The number of nitriles is 2. The highest BCUT2D eigenvalue weighted by molar-refractivity contribution is 5.91. The molecule has 28 heavy (non-hydrogen) atoms. The number of nitrogens with zero attached hydrogens (tertiary/aromatic N) is 2. The van der Waals surface area contributed by atoms with Crippen LogP contribution in [0.1, 0.15) is 11.1 Å². The number of amides is 1. The van der Waals surface area contributed by atoms with Gasteiger partial charge in [0.2, 0.25) is 0 Å². The molecule has 5 heteroatoms. The number of anilines is 1. The van der Waals surface area contributed by atoms with Crippen LogP contribution < -0.4 is 10.1 Å². The van der Waals surface area contributed by atoms with Gasteiger partial charge < -0.3 is 10.1 Å². The number of hydrogen-bond acceptors (Lipinski definition) is 4. The molecule has 1 N–H and O–H groups in total. The highest BCUT2D eigenvalue weighted by Gasteiger charge is 2.05. The largest absolute Gasteiger partial charge is 0.484 e. The summed E-state index contributed by atoms with van der Waals surface area (Å²) in [6.07, 6.45) is 0.343. The van der Waals surface area contributed by atoms with E-state index in [9.17, 15) is 4.79 Å². The van der Waals surface area contributed by atoms with Gasteiger partial charge in [0.25, 0.3) is 5.91 Å². The van der Waals surface area contributed by atoms with E-state index in [2.05, 4.69) is 17.5 Å². The van der Waals surface area contributed by atoms with Crippen molar-refractivity contribution in [2.75, 3.05) is 11.9 Å². The zero-order valence-corrected chi connectivity index (χ0v) is 15.1. The van der Waals surface area contributed by atoms with Crippen molar-refractivity contribution in [2.45, 2.75) is 6.42 Å². The van der Waals surface area contributed by atoms with E-state index < -0.39 is 0 Å². The lowest BCUT2D eigenvalue weighted by molar-refractivity contribution is -0.118. The molecule has 0 radical (unpaired) electrons. The Bertz CT molecular complexity index is 1030.